The molecule has 3 fully saturated rings. The summed E-state index contributed by atoms with van der Waals surface area (Å²) in [7, 11) is 0. The number of aliphatic hydroxyl groups is 1. The lowest BCUT2D eigenvalue weighted by Crippen LogP contribution is -2.32. The normalized spacial score (nSPS) is 32.4. The minimum Gasteiger partial charge on any atom is -0.481 e. The van der Waals surface area contributed by atoms with Crippen LogP contribution in [-0.2, 0) is 23.7 Å². The van der Waals surface area contributed by atoms with Crippen molar-refractivity contribution in [1.82, 2.24) is 0 Å². The second kappa shape index (κ2) is 15.9. The van der Waals surface area contributed by atoms with Gasteiger partial charge in [-0.2, -0.15) is 0 Å². The highest BCUT2D eigenvalue weighted by Crippen LogP contribution is 2.42. The van der Waals surface area contributed by atoms with Crippen LogP contribution >= 0.6 is 0 Å². The van der Waals surface area contributed by atoms with Gasteiger partial charge in [0, 0.05) is 38.1 Å². The first-order valence-electron chi connectivity index (χ1n) is 13.1. The van der Waals surface area contributed by atoms with Crippen LogP contribution in [0.5, 0.6) is 0 Å². The molecule has 34 heavy (non-hydrogen) atoms. The predicted octanol–water partition coefficient (Wildman–Crippen LogP) is 3.99. The number of allylic oxidation sites excluding steroid dienone is 1. The standard InChI is InChI=1S/C26H44O7.H2O/c1-19(11-5-3-2-4-8-14-30-24-12-6-9-15-31-24)26-20(17-23(28)29)21(27)18-22(26)33-25-13-7-10-16-32-25;/h11,20-22,24-27H,2-10,12-18H2,1H3,(H,28,29);1H2/t20-,21-,22+,24?,25?,26+;/m0./s1. The van der Waals surface area contributed by atoms with Gasteiger partial charge in [-0.3, -0.25) is 4.79 Å². The summed E-state index contributed by atoms with van der Waals surface area (Å²) in [5.74, 6) is -1.26. The third kappa shape index (κ3) is 9.55. The Balaban J connectivity index is 0.00000408. The number of hydrogen-bond donors (Lipinski definition) is 2. The van der Waals surface area contributed by atoms with Gasteiger partial charge in [0.1, 0.15) is 0 Å². The monoisotopic (exact) mass is 486 g/mol. The summed E-state index contributed by atoms with van der Waals surface area (Å²) in [5.41, 5.74) is 1.14. The highest BCUT2D eigenvalue weighted by molar-refractivity contribution is 5.67. The van der Waals surface area contributed by atoms with Gasteiger partial charge in [0.05, 0.1) is 18.6 Å². The molecule has 0 spiro atoms. The van der Waals surface area contributed by atoms with Crippen molar-refractivity contribution < 1.29 is 39.4 Å². The molecule has 2 unspecified atom stereocenters. The quantitative estimate of drug-likeness (QED) is 0.298. The average Bonchev–Trinajstić information content (AvgIpc) is 3.10. The number of aliphatic hydroxyl groups excluding tert-OH is 1. The second-order valence-corrected chi connectivity index (χ2v) is 9.88. The number of carbonyl (C=O) groups is 1. The number of ether oxygens (including phenoxy) is 4. The lowest BCUT2D eigenvalue weighted by molar-refractivity contribution is -0.193. The van der Waals surface area contributed by atoms with E-state index >= 15 is 0 Å². The van der Waals surface area contributed by atoms with E-state index in [1.165, 1.54) is 6.42 Å². The molecule has 0 radical (unpaired) electrons. The van der Waals surface area contributed by atoms with Crippen LogP contribution in [0, 0.1) is 11.8 Å². The molecule has 6 atom stereocenters. The van der Waals surface area contributed by atoms with Gasteiger partial charge in [0.2, 0.25) is 0 Å². The van der Waals surface area contributed by atoms with E-state index in [0.29, 0.717) is 13.0 Å². The van der Waals surface area contributed by atoms with E-state index in [0.717, 1.165) is 83.0 Å². The van der Waals surface area contributed by atoms with Crippen molar-refractivity contribution in [2.45, 2.75) is 115 Å². The number of hydrogen-bond acceptors (Lipinski definition) is 6. The molecule has 4 N–H and O–H groups in total. The van der Waals surface area contributed by atoms with Crippen LogP contribution in [0.2, 0.25) is 0 Å². The zero-order valence-corrected chi connectivity index (χ0v) is 20.8. The van der Waals surface area contributed by atoms with Gasteiger partial charge < -0.3 is 34.6 Å². The first-order chi connectivity index (χ1) is 16.0. The average molecular weight is 487 g/mol. The first-order valence-corrected chi connectivity index (χ1v) is 13.1. The van der Waals surface area contributed by atoms with Gasteiger partial charge >= 0.3 is 5.97 Å². The van der Waals surface area contributed by atoms with E-state index in [-0.39, 0.29) is 42.4 Å². The number of rotatable bonds is 13. The molecule has 0 aromatic heterocycles. The summed E-state index contributed by atoms with van der Waals surface area (Å²) in [6.45, 7) is 4.35. The SMILES string of the molecule is CC(=CCCCCCCOC1CCCCO1)[C@@H]1[C@@H](CC(=O)O)[C@@H](O)C[C@H]1OC1CCCCO1.O. The Morgan fingerprint density at radius 3 is 2.32 bits per heavy atom. The number of aliphatic carboxylic acids is 1. The molecule has 2 saturated heterocycles. The van der Waals surface area contributed by atoms with E-state index < -0.39 is 12.1 Å². The van der Waals surface area contributed by atoms with Crippen LogP contribution in [-0.4, -0.2) is 66.3 Å². The molecule has 2 heterocycles. The molecule has 3 aliphatic rings. The summed E-state index contributed by atoms with van der Waals surface area (Å²) < 4.78 is 23.4. The fourth-order valence-corrected chi connectivity index (χ4v) is 5.45. The number of unbranched alkanes of at least 4 members (excludes halogenated alkanes) is 4. The van der Waals surface area contributed by atoms with Crippen LogP contribution in [0.15, 0.2) is 11.6 Å². The summed E-state index contributed by atoms with van der Waals surface area (Å²) in [4.78, 5) is 11.4. The van der Waals surface area contributed by atoms with Gasteiger partial charge in [0.25, 0.3) is 0 Å². The van der Waals surface area contributed by atoms with Crippen molar-refractivity contribution in [3.05, 3.63) is 11.6 Å². The Labute approximate surface area is 204 Å². The molecular weight excluding hydrogens is 440 g/mol. The topological polar surface area (TPSA) is 126 Å². The predicted molar refractivity (Wildman–Crippen MR) is 128 cm³/mol. The molecule has 8 nitrogen and oxygen atoms in total. The smallest absolute Gasteiger partial charge is 0.303 e. The number of carboxylic acids is 1. The third-order valence-corrected chi connectivity index (χ3v) is 7.24. The molecule has 3 rings (SSSR count). The Bertz CT molecular complexity index is 598. The molecule has 0 aromatic rings. The zero-order chi connectivity index (χ0) is 23.5. The van der Waals surface area contributed by atoms with E-state index in [2.05, 4.69) is 13.0 Å². The van der Waals surface area contributed by atoms with Gasteiger partial charge in [-0.15, -0.1) is 0 Å². The summed E-state index contributed by atoms with van der Waals surface area (Å²) >= 11 is 0. The Kier molecular flexibility index (Phi) is 13.6. The summed E-state index contributed by atoms with van der Waals surface area (Å²) in [6.07, 6.45) is 13.3. The van der Waals surface area contributed by atoms with E-state index in [4.69, 9.17) is 18.9 Å². The van der Waals surface area contributed by atoms with Crippen LogP contribution in [0.1, 0.15) is 90.4 Å². The van der Waals surface area contributed by atoms with Crippen LogP contribution < -0.4 is 0 Å². The molecule has 0 bridgehead atoms. The fraction of sp³-hybridized carbons (Fsp3) is 0.885. The molecule has 1 aliphatic carbocycles. The molecule has 2 aliphatic heterocycles. The Morgan fingerprint density at radius 2 is 1.68 bits per heavy atom. The van der Waals surface area contributed by atoms with Crippen molar-refractivity contribution in [1.29, 1.82) is 0 Å². The zero-order valence-electron chi connectivity index (χ0n) is 20.8. The van der Waals surface area contributed by atoms with Gasteiger partial charge in [-0.1, -0.05) is 24.5 Å². The van der Waals surface area contributed by atoms with Crippen molar-refractivity contribution in [3.8, 4) is 0 Å². The highest BCUT2D eigenvalue weighted by atomic mass is 16.7. The van der Waals surface area contributed by atoms with Crippen LogP contribution in [0.3, 0.4) is 0 Å². The van der Waals surface area contributed by atoms with Crippen molar-refractivity contribution >= 4 is 5.97 Å². The summed E-state index contributed by atoms with van der Waals surface area (Å²) in [6, 6.07) is 0. The largest absolute Gasteiger partial charge is 0.481 e. The van der Waals surface area contributed by atoms with Crippen LogP contribution in [0.25, 0.3) is 0 Å². The maximum Gasteiger partial charge on any atom is 0.303 e. The summed E-state index contributed by atoms with van der Waals surface area (Å²) in [5, 5.41) is 20.0. The Morgan fingerprint density at radius 1 is 1.00 bits per heavy atom. The Hall–Kier alpha value is -1.03. The molecule has 1 saturated carbocycles. The lowest BCUT2D eigenvalue weighted by atomic mass is 9.84. The minimum atomic E-state index is -0.868. The molecule has 8 heteroatoms. The minimum absolute atomic E-state index is 0. The fourth-order valence-electron chi connectivity index (χ4n) is 5.45. The van der Waals surface area contributed by atoms with Gasteiger partial charge in [-0.25, -0.2) is 0 Å². The lowest BCUT2D eigenvalue weighted by Gasteiger charge is -2.30. The second-order valence-electron chi connectivity index (χ2n) is 9.88. The maximum atomic E-state index is 11.4. The van der Waals surface area contributed by atoms with Gasteiger partial charge in [-0.05, 0) is 64.7 Å². The van der Waals surface area contributed by atoms with E-state index in [9.17, 15) is 15.0 Å². The molecule has 198 valence electrons. The highest BCUT2D eigenvalue weighted by Gasteiger charge is 2.45. The van der Waals surface area contributed by atoms with E-state index in [1.54, 1.807) is 0 Å². The van der Waals surface area contributed by atoms with E-state index in [1.807, 2.05) is 0 Å². The first kappa shape index (κ1) is 29.2. The van der Waals surface area contributed by atoms with Gasteiger partial charge in [0.15, 0.2) is 12.6 Å². The maximum absolute atomic E-state index is 11.4. The number of carboxylic acid groups (broad SMARTS) is 1. The van der Waals surface area contributed by atoms with Crippen molar-refractivity contribution in [2.75, 3.05) is 19.8 Å². The third-order valence-electron chi connectivity index (χ3n) is 7.24. The van der Waals surface area contributed by atoms with Crippen molar-refractivity contribution in [3.63, 3.8) is 0 Å². The van der Waals surface area contributed by atoms with Crippen molar-refractivity contribution in [2.24, 2.45) is 11.8 Å². The van der Waals surface area contributed by atoms with Crippen LogP contribution in [0.4, 0.5) is 0 Å². The molecule has 0 amide bonds. The molecular formula is C26H46O8. The molecule has 0 aromatic carbocycles.